The molecule has 0 fully saturated rings. The van der Waals surface area contributed by atoms with Crippen molar-refractivity contribution in [1.82, 2.24) is 9.78 Å². The normalized spacial score (nSPS) is 10.7. The van der Waals surface area contributed by atoms with E-state index in [0.717, 1.165) is 17.7 Å². The number of hydrogen-bond donors (Lipinski definition) is 1. The molecule has 25 heavy (non-hydrogen) atoms. The molecule has 0 radical (unpaired) electrons. The Labute approximate surface area is 141 Å². The number of carbonyl (C=O) groups excluding carboxylic acids is 1. The standard InChI is InChI=1S/C18H14F3N3O/c1-11-4-2-5-14(19)13(11)10-24-9-12(8-22-24)23-18(25)17-15(20)6-3-7-16(17)21/h2-9H,10H2,1H3,(H,23,25). The van der Waals surface area contributed by atoms with E-state index < -0.39 is 23.1 Å². The predicted octanol–water partition coefficient (Wildman–Crippen LogP) is 3.91. The highest BCUT2D eigenvalue weighted by atomic mass is 19.1. The second-order valence-electron chi connectivity index (χ2n) is 5.51. The van der Waals surface area contributed by atoms with Gasteiger partial charge in [0.15, 0.2) is 0 Å². The molecule has 0 unspecified atom stereocenters. The quantitative estimate of drug-likeness (QED) is 0.779. The van der Waals surface area contributed by atoms with Crippen LogP contribution in [0.25, 0.3) is 0 Å². The number of anilines is 1. The van der Waals surface area contributed by atoms with Gasteiger partial charge in [-0.1, -0.05) is 18.2 Å². The van der Waals surface area contributed by atoms with Crippen LogP contribution in [0.4, 0.5) is 18.9 Å². The molecule has 1 heterocycles. The molecule has 3 rings (SSSR count). The Morgan fingerprint density at radius 2 is 1.72 bits per heavy atom. The SMILES string of the molecule is Cc1cccc(F)c1Cn1cc(NC(=O)c2c(F)cccc2F)cn1. The summed E-state index contributed by atoms with van der Waals surface area (Å²) >= 11 is 0. The van der Waals surface area contributed by atoms with Gasteiger partial charge in [0.2, 0.25) is 0 Å². The molecule has 0 spiro atoms. The van der Waals surface area contributed by atoms with E-state index in [1.165, 1.54) is 29.2 Å². The third kappa shape index (κ3) is 3.55. The molecule has 7 heteroatoms. The minimum atomic E-state index is -0.952. The van der Waals surface area contributed by atoms with E-state index >= 15 is 0 Å². The zero-order valence-electron chi connectivity index (χ0n) is 13.3. The van der Waals surface area contributed by atoms with Gasteiger partial charge in [-0.15, -0.1) is 0 Å². The molecular formula is C18H14F3N3O. The lowest BCUT2D eigenvalue weighted by Gasteiger charge is -2.07. The fraction of sp³-hybridized carbons (Fsp3) is 0.111. The van der Waals surface area contributed by atoms with Crippen LogP contribution in [0.15, 0.2) is 48.8 Å². The Balaban J connectivity index is 1.77. The van der Waals surface area contributed by atoms with Gasteiger partial charge in [0, 0.05) is 11.8 Å². The molecule has 0 saturated carbocycles. The maximum Gasteiger partial charge on any atom is 0.261 e. The van der Waals surface area contributed by atoms with E-state index in [9.17, 15) is 18.0 Å². The van der Waals surface area contributed by atoms with Crippen molar-refractivity contribution in [2.75, 3.05) is 5.32 Å². The number of hydrogen-bond acceptors (Lipinski definition) is 2. The lowest BCUT2D eigenvalue weighted by atomic mass is 10.1. The van der Waals surface area contributed by atoms with Crippen LogP contribution in [0, 0.1) is 24.4 Å². The number of nitrogens with one attached hydrogen (secondary N) is 1. The molecule has 1 amide bonds. The van der Waals surface area contributed by atoms with E-state index in [2.05, 4.69) is 10.4 Å². The van der Waals surface area contributed by atoms with E-state index in [0.29, 0.717) is 5.56 Å². The molecule has 128 valence electrons. The third-order valence-electron chi connectivity index (χ3n) is 3.75. The van der Waals surface area contributed by atoms with Crippen molar-refractivity contribution in [2.24, 2.45) is 0 Å². The van der Waals surface area contributed by atoms with Crippen LogP contribution in [0.2, 0.25) is 0 Å². The first kappa shape index (κ1) is 16.8. The summed E-state index contributed by atoms with van der Waals surface area (Å²) in [6, 6.07) is 7.94. The first-order chi connectivity index (χ1) is 12.0. The summed E-state index contributed by atoms with van der Waals surface area (Å²) in [5.74, 6) is -3.18. The van der Waals surface area contributed by atoms with Crippen molar-refractivity contribution < 1.29 is 18.0 Å². The molecule has 0 aliphatic carbocycles. The van der Waals surface area contributed by atoms with Crippen LogP contribution in [-0.2, 0) is 6.54 Å². The summed E-state index contributed by atoms with van der Waals surface area (Å²) in [6.45, 7) is 1.95. The van der Waals surface area contributed by atoms with Crippen molar-refractivity contribution in [3.8, 4) is 0 Å². The zero-order chi connectivity index (χ0) is 18.0. The molecule has 2 aromatic carbocycles. The Morgan fingerprint density at radius 1 is 1.08 bits per heavy atom. The Kier molecular flexibility index (Phi) is 4.56. The predicted molar refractivity (Wildman–Crippen MR) is 86.8 cm³/mol. The van der Waals surface area contributed by atoms with Crippen LogP contribution >= 0.6 is 0 Å². The van der Waals surface area contributed by atoms with E-state index in [4.69, 9.17) is 0 Å². The molecule has 1 N–H and O–H groups in total. The number of aryl methyl sites for hydroxylation is 1. The van der Waals surface area contributed by atoms with Crippen LogP contribution in [0.3, 0.4) is 0 Å². The monoisotopic (exact) mass is 345 g/mol. The van der Waals surface area contributed by atoms with Gasteiger partial charge >= 0.3 is 0 Å². The molecule has 1 aromatic heterocycles. The molecular weight excluding hydrogens is 331 g/mol. The topological polar surface area (TPSA) is 46.9 Å². The largest absolute Gasteiger partial charge is 0.319 e. The van der Waals surface area contributed by atoms with Crippen molar-refractivity contribution in [3.05, 3.63) is 82.9 Å². The van der Waals surface area contributed by atoms with E-state index in [1.54, 1.807) is 19.1 Å². The van der Waals surface area contributed by atoms with Crippen molar-refractivity contribution >= 4 is 11.6 Å². The smallest absolute Gasteiger partial charge is 0.261 e. The number of aromatic nitrogens is 2. The van der Waals surface area contributed by atoms with Crippen LogP contribution in [0.5, 0.6) is 0 Å². The Hall–Kier alpha value is -3.09. The number of nitrogens with zero attached hydrogens (tertiary/aromatic N) is 2. The molecule has 3 aromatic rings. The fourth-order valence-corrected chi connectivity index (χ4v) is 2.45. The maximum atomic E-state index is 13.9. The second kappa shape index (κ2) is 6.80. The van der Waals surface area contributed by atoms with E-state index in [1.807, 2.05) is 0 Å². The number of rotatable bonds is 4. The van der Waals surface area contributed by atoms with Gasteiger partial charge in [0.1, 0.15) is 23.0 Å². The van der Waals surface area contributed by atoms with Gasteiger partial charge in [0.25, 0.3) is 5.91 Å². The fourth-order valence-electron chi connectivity index (χ4n) is 2.45. The molecule has 4 nitrogen and oxygen atoms in total. The molecule has 0 atom stereocenters. The summed E-state index contributed by atoms with van der Waals surface area (Å²) in [7, 11) is 0. The van der Waals surface area contributed by atoms with Crippen LogP contribution in [0.1, 0.15) is 21.5 Å². The van der Waals surface area contributed by atoms with Gasteiger partial charge < -0.3 is 5.32 Å². The Bertz CT molecular complexity index is 897. The van der Waals surface area contributed by atoms with Gasteiger partial charge in [-0.05, 0) is 30.7 Å². The number of benzene rings is 2. The number of amides is 1. The summed E-state index contributed by atoms with van der Waals surface area (Å²) in [5.41, 5.74) is 0.833. The highest BCUT2D eigenvalue weighted by Crippen LogP contribution is 2.17. The van der Waals surface area contributed by atoms with Gasteiger partial charge in [-0.2, -0.15) is 5.10 Å². The van der Waals surface area contributed by atoms with Crippen molar-refractivity contribution in [3.63, 3.8) is 0 Å². The van der Waals surface area contributed by atoms with E-state index in [-0.39, 0.29) is 18.0 Å². The van der Waals surface area contributed by atoms with Gasteiger partial charge in [0.05, 0.1) is 18.4 Å². The Morgan fingerprint density at radius 3 is 2.40 bits per heavy atom. The minimum Gasteiger partial charge on any atom is -0.319 e. The highest BCUT2D eigenvalue weighted by molar-refractivity contribution is 6.04. The van der Waals surface area contributed by atoms with Gasteiger partial charge in [-0.25, -0.2) is 13.2 Å². The van der Waals surface area contributed by atoms with Crippen LogP contribution in [-0.4, -0.2) is 15.7 Å². The molecule has 0 aliphatic heterocycles. The first-order valence-electron chi connectivity index (χ1n) is 7.47. The summed E-state index contributed by atoms with van der Waals surface area (Å²) in [5, 5.41) is 6.41. The van der Waals surface area contributed by atoms with Gasteiger partial charge in [-0.3, -0.25) is 9.48 Å². The zero-order valence-corrected chi connectivity index (χ0v) is 13.3. The number of halogens is 3. The summed E-state index contributed by atoms with van der Waals surface area (Å²) in [6.07, 6.45) is 2.79. The minimum absolute atomic E-state index is 0.169. The first-order valence-corrected chi connectivity index (χ1v) is 7.47. The second-order valence-corrected chi connectivity index (χ2v) is 5.51. The summed E-state index contributed by atoms with van der Waals surface area (Å²) < 4.78 is 42.5. The molecule has 0 aliphatic rings. The molecule has 0 saturated heterocycles. The maximum absolute atomic E-state index is 13.9. The average molecular weight is 345 g/mol. The van der Waals surface area contributed by atoms with Crippen molar-refractivity contribution in [1.29, 1.82) is 0 Å². The number of carbonyl (C=O) groups is 1. The van der Waals surface area contributed by atoms with Crippen molar-refractivity contribution in [2.45, 2.75) is 13.5 Å². The van der Waals surface area contributed by atoms with Crippen LogP contribution < -0.4 is 5.32 Å². The third-order valence-corrected chi connectivity index (χ3v) is 3.75. The lowest BCUT2D eigenvalue weighted by Crippen LogP contribution is -2.15. The lowest BCUT2D eigenvalue weighted by molar-refractivity contribution is 0.101. The average Bonchev–Trinajstić information content (AvgIpc) is 2.98. The molecule has 0 bridgehead atoms. The summed E-state index contributed by atoms with van der Waals surface area (Å²) in [4.78, 5) is 12.0. The highest BCUT2D eigenvalue weighted by Gasteiger charge is 2.17.